The fourth-order valence-electron chi connectivity index (χ4n) is 3.05. The van der Waals surface area contributed by atoms with Crippen molar-refractivity contribution in [2.75, 3.05) is 32.7 Å². The van der Waals surface area contributed by atoms with Crippen LogP contribution in [0.5, 0.6) is 0 Å². The molecular weight excluding hydrogens is 362 g/mol. The van der Waals surface area contributed by atoms with Gasteiger partial charge >= 0.3 is 0 Å². The van der Waals surface area contributed by atoms with E-state index < -0.39 is 0 Å². The number of thiophene rings is 1. The zero-order valence-corrected chi connectivity index (χ0v) is 15.9. The third-order valence-electron chi connectivity index (χ3n) is 4.54. The molecule has 1 aromatic carbocycles. The summed E-state index contributed by atoms with van der Waals surface area (Å²) < 4.78 is 0. The summed E-state index contributed by atoms with van der Waals surface area (Å²) in [7, 11) is 0. The first-order valence-electron chi connectivity index (χ1n) is 9.04. The fourth-order valence-corrected chi connectivity index (χ4v) is 3.75. The summed E-state index contributed by atoms with van der Waals surface area (Å²) in [5.74, 6) is -0.275. The maximum atomic E-state index is 12.4. The molecule has 1 aliphatic heterocycles. The maximum absolute atomic E-state index is 12.4. The van der Waals surface area contributed by atoms with Crippen molar-refractivity contribution >= 4 is 29.1 Å². The molecule has 3 rings (SSSR count). The van der Waals surface area contributed by atoms with E-state index in [-0.39, 0.29) is 24.3 Å². The van der Waals surface area contributed by atoms with E-state index in [1.54, 1.807) is 40.5 Å². The highest BCUT2D eigenvalue weighted by Gasteiger charge is 2.22. The molecule has 1 aliphatic rings. The summed E-state index contributed by atoms with van der Waals surface area (Å²) in [5.41, 5.74) is 0.534. The Labute approximate surface area is 162 Å². The van der Waals surface area contributed by atoms with Crippen molar-refractivity contribution in [3.05, 3.63) is 58.3 Å². The predicted octanol–water partition coefficient (Wildman–Crippen LogP) is 1.78. The van der Waals surface area contributed by atoms with Crippen molar-refractivity contribution in [1.82, 2.24) is 15.1 Å². The molecule has 2 aromatic rings. The lowest BCUT2D eigenvalue weighted by Gasteiger charge is -2.22. The number of nitrogens with one attached hydrogen (secondary N) is 1. The monoisotopic (exact) mass is 385 g/mol. The first-order chi connectivity index (χ1) is 13.1. The third-order valence-corrected chi connectivity index (χ3v) is 5.42. The molecule has 0 radical (unpaired) electrons. The van der Waals surface area contributed by atoms with Gasteiger partial charge in [0.2, 0.25) is 11.8 Å². The van der Waals surface area contributed by atoms with Gasteiger partial charge < -0.3 is 15.1 Å². The van der Waals surface area contributed by atoms with Crippen LogP contribution in [0.3, 0.4) is 0 Å². The van der Waals surface area contributed by atoms with Gasteiger partial charge in [-0.25, -0.2) is 0 Å². The van der Waals surface area contributed by atoms with Crippen molar-refractivity contribution in [2.45, 2.75) is 12.8 Å². The highest BCUT2D eigenvalue weighted by atomic mass is 32.1. The van der Waals surface area contributed by atoms with Crippen molar-refractivity contribution in [1.29, 1.82) is 0 Å². The number of hydrogen-bond donors (Lipinski definition) is 1. The average Bonchev–Trinajstić information content (AvgIpc) is 3.07. The van der Waals surface area contributed by atoms with Crippen molar-refractivity contribution in [3.63, 3.8) is 0 Å². The Balaban J connectivity index is 1.46. The Morgan fingerprint density at radius 2 is 1.59 bits per heavy atom. The van der Waals surface area contributed by atoms with E-state index in [1.807, 2.05) is 28.5 Å². The van der Waals surface area contributed by atoms with E-state index in [0.717, 1.165) is 11.3 Å². The van der Waals surface area contributed by atoms with E-state index in [9.17, 15) is 14.4 Å². The molecule has 1 N–H and O–H groups in total. The summed E-state index contributed by atoms with van der Waals surface area (Å²) in [5, 5.41) is 4.64. The van der Waals surface area contributed by atoms with Gasteiger partial charge in [-0.05, 0) is 30.0 Å². The predicted molar refractivity (Wildman–Crippen MR) is 105 cm³/mol. The minimum atomic E-state index is -0.258. The molecule has 3 amide bonds. The lowest BCUT2D eigenvalue weighted by Crippen LogP contribution is -2.42. The minimum absolute atomic E-state index is 0.0309. The van der Waals surface area contributed by atoms with Crippen LogP contribution in [-0.2, 0) is 16.0 Å². The van der Waals surface area contributed by atoms with Gasteiger partial charge in [0.25, 0.3) is 5.91 Å². The van der Waals surface area contributed by atoms with Crippen molar-refractivity contribution in [2.24, 2.45) is 0 Å². The number of nitrogens with zero attached hydrogens (tertiary/aromatic N) is 2. The normalized spacial score (nSPS) is 14.5. The first-order valence-corrected chi connectivity index (χ1v) is 9.92. The van der Waals surface area contributed by atoms with Gasteiger partial charge in [0.1, 0.15) is 0 Å². The molecule has 0 spiro atoms. The van der Waals surface area contributed by atoms with E-state index in [1.165, 1.54) is 0 Å². The second-order valence-corrected chi connectivity index (χ2v) is 7.45. The van der Waals surface area contributed by atoms with Crippen LogP contribution in [-0.4, -0.2) is 60.2 Å². The minimum Gasteiger partial charge on any atom is -0.343 e. The quantitative estimate of drug-likeness (QED) is 0.853. The molecule has 1 saturated heterocycles. The van der Waals surface area contributed by atoms with Crippen molar-refractivity contribution in [3.8, 4) is 0 Å². The topological polar surface area (TPSA) is 69.7 Å². The maximum Gasteiger partial charge on any atom is 0.251 e. The molecule has 27 heavy (non-hydrogen) atoms. The van der Waals surface area contributed by atoms with E-state index >= 15 is 0 Å². The summed E-state index contributed by atoms with van der Waals surface area (Å²) >= 11 is 1.58. The number of carbonyl (C=O) groups is 3. The Kier molecular flexibility index (Phi) is 6.59. The molecule has 142 valence electrons. The zero-order valence-electron chi connectivity index (χ0n) is 15.1. The van der Waals surface area contributed by atoms with E-state index in [2.05, 4.69) is 5.32 Å². The summed E-state index contributed by atoms with van der Waals surface area (Å²) in [6.07, 6.45) is 1.16. The van der Waals surface area contributed by atoms with Crippen molar-refractivity contribution < 1.29 is 14.4 Å². The number of carbonyl (C=O) groups excluding carboxylic acids is 3. The van der Waals surface area contributed by atoms with Crippen LogP contribution in [0, 0.1) is 0 Å². The smallest absolute Gasteiger partial charge is 0.251 e. The zero-order chi connectivity index (χ0) is 19.1. The Bertz CT molecular complexity index is 777. The molecule has 0 saturated carbocycles. The van der Waals surface area contributed by atoms with E-state index in [0.29, 0.717) is 38.2 Å². The summed E-state index contributed by atoms with van der Waals surface area (Å²) in [4.78, 5) is 41.5. The summed E-state index contributed by atoms with van der Waals surface area (Å²) in [6, 6.07) is 12.7. The highest BCUT2D eigenvalue weighted by molar-refractivity contribution is 7.10. The SMILES string of the molecule is O=C(NCC(=O)N1CCCN(C(=O)Cc2cccs2)CC1)c1ccccc1. The molecule has 0 aliphatic carbocycles. The van der Waals surface area contributed by atoms with Crippen LogP contribution in [0.2, 0.25) is 0 Å². The number of hydrogen-bond acceptors (Lipinski definition) is 4. The Hall–Kier alpha value is -2.67. The molecule has 0 bridgehead atoms. The van der Waals surface area contributed by atoms with Crippen LogP contribution >= 0.6 is 11.3 Å². The Morgan fingerprint density at radius 1 is 0.889 bits per heavy atom. The van der Waals surface area contributed by atoms with Gasteiger partial charge in [0, 0.05) is 36.6 Å². The third kappa shape index (κ3) is 5.40. The van der Waals surface area contributed by atoms with Gasteiger partial charge in [0.15, 0.2) is 0 Å². The molecule has 0 unspecified atom stereocenters. The molecule has 7 heteroatoms. The second kappa shape index (κ2) is 9.32. The van der Waals surface area contributed by atoms with Gasteiger partial charge in [-0.3, -0.25) is 14.4 Å². The van der Waals surface area contributed by atoms with Gasteiger partial charge in [-0.1, -0.05) is 24.3 Å². The number of rotatable bonds is 5. The second-order valence-electron chi connectivity index (χ2n) is 6.42. The van der Waals surface area contributed by atoms with Crippen LogP contribution in [0.4, 0.5) is 0 Å². The standard InChI is InChI=1S/C20H23N3O3S/c24-18(14-17-8-4-13-27-17)22-9-5-10-23(12-11-22)19(25)15-21-20(26)16-6-2-1-3-7-16/h1-4,6-8,13H,5,9-12,14-15H2,(H,21,26). The molecule has 6 nitrogen and oxygen atoms in total. The van der Waals surface area contributed by atoms with E-state index in [4.69, 9.17) is 0 Å². The lowest BCUT2D eigenvalue weighted by molar-refractivity contribution is -0.132. The number of amides is 3. The van der Waals surface area contributed by atoms with Crippen LogP contribution < -0.4 is 5.32 Å². The van der Waals surface area contributed by atoms with Gasteiger partial charge in [-0.2, -0.15) is 0 Å². The lowest BCUT2D eigenvalue weighted by atomic mass is 10.2. The fraction of sp³-hybridized carbons (Fsp3) is 0.350. The average molecular weight is 385 g/mol. The summed E-state index contributed by atoms with van der Waals surface area (Å²) in [6.45, 7) is 2.25. The Morgan fingerprint density at radius 3 is 2.26 bits per heavy atom. The van der Waals surface area contributed by atoms with Gasteiger partial charge in [0.05, 0.1) is 13.0 Å². The van der Waals surface area contributed by atoms with Crippen LogP contribution in [0.25, 0.3) is 0 Å². The highest BCUT2D eigenvalue weighted by Crippen LogP contribution is 2.12. The molecule has 1 fully saturated rings. The van der Waals surface area contributed by atoms with Crippen LogP contribution in [0.15, 0.2) is 47.8 Å². The first kappa shape index (κ1) is 19.1. The molecule has 1 aromatic heterocycles. The van der Waals surface area contributed by atoms with Crippen LogP contribution in [0.1, 0.15) is 21.7 Å². The number of benzene rings is 1. The molecular formula is C20H23N3O3S. The molecule has 0 atom stereocenters. The molecule has 2 heterocycles. The largest absolute Gasteiger partial charge is 0.343 e. The van der Waals surface area contributed by atoms with Gasteiger partial charge in [-0.15, -0.1) is 11.3 Å².